The lowest BCUT2D eigenvalue weighted by molar-refractivity contribution is 0.414. The molecule has 0 aromatic heterocycles. The Hall–Kier alpha value is -1.54. The lowest BCUT2D eigenvalue weighted by Crippen LogP contribution is -2.07. The van der Waals surface area contributed by atoms with Crippen LogP contribution >= 0.6 is 11.6 Å². The van der Waals surface area contributed by atoms with Gasteiger partial charge in [-0.1, -0.05) is 30.3 Å². The van der Waals surface area contributed by atoms with Gasteiger partial charge in [-0.3, -0.25) is 0 Å². The number of ether oxygens (including phenoxy) is 1. The Morgan fingerprint density at radius 2 is 1.95 bits per heavy atom. The molecule has 0 saturated carbocycles. The number of hydrogen-bond donors (Lipinski definition) is 0. The van der Waals surface area contributed by atoms with E-state index in [9.17, 15) is 4.39 Å². The molecule has 1 nitrogen and oxygen atoms in total. The van der Waals surface area contributed by atoms with Crippen molar-refractivity contribution in [1.82, 2.24) is 0 Å². The van der Waals surface area contributed by atoms with Gasteiger partial charge in [0.2, 0.25) is 0 Å². The van der Waals surface area contributed by atoms with Crippen molar-refractivity contribution in [3.63, 3.8) is 0 Å². The second kappa shape index (κ2) is 6.58. The van der Waals surface area contributed by atoms with E-state index in [1.165, 1.54) is 6.07 Å². The van der Waals surface area contributed by atoms with E-state index < -0.39 is 0 Å². The van der Waals surface area contributed by atoms with Gasteiger partial charge >= 0.3 is 0 Å². The minimum Gasteiger partial charge on any atom is -0.497 e. The zero-order chi connectivity index (χ0) is 13.7. The van der Waals surface area contributed by atoms with Crippen LogP contribution in [-0.2, 0) is 6.42 Å². The molecule has 0 aliphatic heterocycles. The van der Waals surface area contributed by atoms with Crippen molar-refractivity contribution >= 4 is 11.6 Å². The molecule has 2 aromatic rings. The van der Waals surface area contributed by atoms with Crippen LogP contribution in [0.4, 0.5) is 4.39 Å². The van der Waals surface area contributed by atoms with Gasteiger partial charge in [0.25, 0.3) is 0 Å². The number of methoxy groups -OCH3 is 1. The van der Waals surface area contributed by atoms with Crippen LogP contribution in [-0.4, -0.2) is 13.0 Å². The first-order valence-electron chi connectivity index (χ1n) is 6.18. The van der Waals surface area contributed by atoms with Crippen LogP contribution in [0.2, 0.25) is 0 Å². The standard InChI is InChI=1S/C16H16ClFO/c1-19-14-6-4-5-12(10-14)9-13(11-17)15-7-2-3-8-16(15)18/h2-8,10,13H,9,11H2,1H3. The quantitative estimate of drug-likeness (QED) is 0.737. The normalized spacial score (nSPS) is 12.2. The highest BCUT2D eigenvalue weighted by Crippen LogP contribution is 2.26. The highest BCUT2D eigenvalue weighted by atomic mass is 35.5. The predicted molar refractivity (Wildman–Crippen MR) is 76.6 cm³/mol. The van der Waals surface area contributed by atoms with Crippen LogP contribution in [0.15, 0.2) is 48.5 Å². The molecule has 0 heterocycles. The first kappa shape index (κ1) is 13.9. The van der Waals surface area contributed by atoms with Gasteiger partial charge in [0, 0.05) is 11.8 Å². The molecular formula is C16H16ClFO. The highest BCUT2D eigenvalue weighted by Gasteiger charge is 2.15. The fraction of sp³-hybridized carbons (Fsp3) is 0.250. The largest absolute Gasteiger partial charge is 0.497 e. The summed E-state index contributed by atoms with van der Waals surface area (Å²) < 4.78 is 19.0. The maximum atomic E-state index is 13.8. The third-order valence-electron chi connectivity index (χ3n) is 3.15. The molecule has 0 spiro atoms. The van der Waals surface area contributed by atoms with E-state index in [1.807, 2.05) is 30.3 Å². The maximum Gasteiger partial charge on any atom is 0.126 e. The smallest absolute Gasteiger partial charge is 0.126 e. The third kappa shape index (κ3) is 3.48. The van der Waals surface area contributed by atoms with Gasteiger partial charge in [0.15, 0.2) is 0 Å². The van der Waals surface area contributed by atoms with E-state index in [0.717, 1.165) is 11.3 Å². The Bertz CT molecular complexity index is 542. The van der Waals surface area contributed by atoms with Crippen LogP contribution in [0.25, 0.3) is 0 Å². The van der Waals surface area contributed by atoms with Crippen LogP contribution in [0.5, 0.6) is 5.75 Å². The number of benzene rings is 2. The van der Waals surface area contributed by atoms with Gasteiger partial charge in [0.05, 0.1) is 7.11 Å². The summed E-state index contributed by atoms with van der Waals surface area (Å²) in [6.45, 7) is 0. The van der Waals surface area contributed by atoms with Gasteiger partial charge in [-0.05, 0) is 35.7 Å². The molecule has 0 saturated heterocycles. The average molecular weight is 279 g/mol. The first-order valence-corrected chi connectivity index (χ1v) is 6.71. The zero-order valence-electron chi connectivity index (χ0n) is 10.8. The SMILES string of the molecule is COc1cccc(CC(CCl)c2ccccc2F)c1. The summed E-state index contributed by atoms with van der Waals surface area (Å²) in [6, 6.07) is 14.6. The van der Waals surface area contributed by atoms with Crippen molar-refractivity contribution < 1.29 is 9.13 Å². The van der Waals surface area contributed by atoms with E-state index in [2.05, 4.69) is 0 Å². The van der Waals surface area contributed by atoms with Crippen LogP contribution in [0, 0.1) is 5.82 Å². The van der Waals surface area contributed by atoms with E-state index in [1.54, 1.807) is 19.2 Å². The summed E-state index contributed by atoms with van der Waals surface area (Å²) in [5, 5.41) is 0. The van der Waals surface area contributed by atoms with Crippen molar-refractivity contribution in [2.45, 2.75) is 12.3 Å². The number of rotatable bonds is 5. The Kier molecular flexibility index (Phi) is 4.80. The Balaban J connectivity index is 2.21. The fourth-order valence-electron chi connectivity index (χ4n) is 2.14. The van der Waals surface area contributed by atoms with Crippen molar-refractivity contribution in [1.29, 1.82) is 0 Å². The second-order valence-electron chi connectivity index (χ2n) is 4.43. The molecule has 0 N–H and O–H groups in total. The summed E-state index contributed by atoms with van der Waals surface area (Å²) in [5.74, 6) is 0.961. The third-order valence-corrected chi connectivity index (χ3v) is 3.52. The fourth-order valence-corrected chi connectivity index (χ4v) is 2.41. The summed E-state index contributed by atoms with van der Waals surface area (Å²) in [6.07, 6.45) is 0.696. The molecule has 2 aromatic carbocycles. The Labute approximate surface area is 118 Å². The second-order valence-corrected chi connectivity index (χ2v) is 4.74. The summed E-state index contributed by atoms with van der Waals surface area (Å²) in [5.41, 5.74) is 1.76. The van der Waals surface area contributed by atoms with Gasteiger partial charge in [0.1, 0.15) is 11.6 Å². The van der Waals surface area contributed by atoms with Crippen molar-refractivity contribution in [2.75, 3.05) is 13.0 Å². The van der Waals surface area contributed by atoms with Crippen LogP contribution in [0.1, 0.15) is 17.0 Å². The van der Waals surface area contributed by atoms with E-state index in [-0.39, 0.29) is 11.7 Å². The lowest BCUT2D eigenvalue weighted by atomic mass is 9.93. The van der Waals surface area contributed by atoms with E-state index in [0.29, 0.717) is 17.9 Å². The monoisotopic (exact) mass is 278 g/mol. The molecule has 0 aliphatic carbocycles. The first-order chi connectivity index (χ1) is 9.24. The maximum absolute atomic E-state index is 13.8. The molecule has 0 radical (unpaired) electrons. The minimum atomic E-state index is -0.198. The average Bonchev–Trinajstić information content (AvgIpc) is 2.46. The molecule has 3 heteroatoms. The van der Waals surface area contributed by atoms with Crippen molar-refractivity contribution in [2.24, 2.45) is 0 Å². The molecule has 1 atom stereocenters. The topological polar surface area (TPSA) is 9.23 Å². The van der Waals surface area contributed by atoms with E-state index >= 15 is 0 Å². The van der Waals surface area contributed by atoms with Gasteiger partial charge in [-0.2, -0.15) is 0 Å². The van der Waals surface area contributed by atoms with Gasteiger partial charge < -0.3 is 4.74 Å². The molecule has 0 bridgehead atoms. The molecule has 1 unspecified atom stereocenters. The predicted octanol–water partition coefficient (Wildman–Crippen LogP) is 4.40. The Morgan fingerprint density at radius 3 is 2.63 bits per heavy atom. The molecule has 19 heavy (non-hydrogen) atoms. The minimum absolute atomic E-state index is 0.0324. The lowest BCUT2D eigenvalue weighted by Gasteiger charge is -2.15. The van der Waals surface area contributed by atoms with Gasteiger partial charge in [-0.15, -0.1) is 11.6 Å². The molecule has 0 fully saturated rings. The molecule has 2 rings (SSSR count). The molecule has 0 amide bonds. The number of halogens is 2. The zero-order valence-corrected chi connectivity index (χ0v) is 11.5. The highest BCUT2D eigenvalue weighted by molar-refractivity contribution is 6.18. The summed E-state index contributed by atoms with van der Waals surface area (Å²) >= 11 is 6.00. The van der Waals surface area contributed by atoms with Crippen LogP contribution < -0.4 is 4.74 Å². The van der Waals surface area contributed by atoms with Crippen molar-refractivity contribution in [3.05, 3.63) is 65.5 Å². The number of hydrogen-bond acceptors (Lipinski definition) is 1. The molecule has 0 aliphatic rings. The van der Waals surface area contributed by atoms with Crippen LogP contribution in [0.3, 0.4) is 0 Å². The molecular weight excluding hydrogens is 263 g/mol. The van der Waals surface area contributed by atoms with Gasteiger partial charge in [-0.25, -0.2) is 4.39 Å². The van der Waals surface area contributed by atoms with E-state index in [4.69, 9.17) is 16.3 Å². The van der Waals surface area contributed by atoms with Crippen molar-refractivity contribution in [3.8, 4) is 5.75 Å². The Morgan fingerprint density at radius 1 is 1.16 bits per heavy atom. The summed E-state index contributed by atoms with van der Waals surface area (Å²) in [7, 11) is 1.63. The number of alkyl halides is 1. The molecule has 100 valence electrons. The summed E-state index contributed by atoms with van der Waals surface area (Å²) in [4.78, 5) is 0.